The van der Waals surface area contributed by atoms with Crippen molar-refractivity contribution in [3.63, 3.8) is 0 Å². The van der Waals surface area contributed by atoms with E-state index in [4.69, 9.17) is 14.6 Å². The molecule has 0 atom stereocenters. The van der Waals surface area contributed by atoms with Crippen molar-refractivity contribution in [3.8, 4) is 5.75 Å². The van der Waals surface area contributed by atoms with Crippen molar-refractivity contribution < 1.29 is 40.6 Å². The van der Waals surface area contributed by atoms with E-state index in [9.17, 15) is 26.0 Å². The van der Waals surface area contributed by atoms with E-state index in [1.165, 1.54) is 44.8 Å². The van der Waals surface area contributed by atoms with Gasteiger partial charge >= 0.3 is 12.1 Å². The fourth-order valence-corrected chi connectivity index (χ4v) is 3.17. The molecule has 188 valence electrons. The Morgan fingerprint density at radius 3 is 2.20 bits per heavy atom. The average Bonchev–Trinajstić information content (AvgIpc) is 2.79. The summed E-state index contributed by atoms with van der Waals surface area (Å²) >= 11 is 0. The lowest BCUT2D eigenvalue weighted by atomic mass is 10.3. The second-order valence-corrected chi connectivity index (χ2v) is 8.31. The Hall–Kier alpha value is -3.98. The normalized spacial score (nSPS) is 11.1. The van der Waals surface area contributed by atoms with E-state index in [-0.39, 0.29) is 10.7 Å². The van der Waals surface area contributed by atoms with E-state index in [1.807, 2.05) is 0 Å². The van der Waals surface area contributed by atoms with Crippen LogP contribution in [-0.2, 0) is 14.8 Å². The molecule has 1 aromatic heterocycles. The maximum absolute atomic E-state index is 13.3. The molecule has 4 N–H and O–H groups in total. The van der Waals surface area contributed by atoms with E-state index in [2.05, 4.69) is 25.3 Å². The zero-order valence-electron chi connectivity index (χ0n) is 18.1. The van der Waals surface area contributed by atoms with E-state index in [1.54, 1.807) is 24.3 Å². The van der Waals surface area contributed by atoms with E-state index < -0.39 is 22.2 Å². The van der Waals surface area contributed by atoms with Gasteiger partial charge in [-0.1, -0.05) is 6.07 Å². The first-order valence-corrected chi connectivity index (χ1v) is 10.9. The van der Waals surface area contributed by atoms with Gasteiger partial charge in [-0.3, -0.25) is 0 Å². The molecule has 3 aromatic rings. The molecule has 0 saturated carbocycles. The van der Waals surface area contributed by atoms with Crippen molar-refractivity contribution in [2.24, 2.45) is 0 Å². The summed E-state index contributed by atoms with van der Waals surface area (Å²) in [5.74, 6) is -1.86. The molecule has 3 rings (SSSR count). The lowest BCUT2D eigenvalue weighted by Crippen LogP contribution is -2.21. The molecular formula is C20H19F4N5O5S. The molecule has 15 heteroatoms. The minimum absolute atomic E-state index is 0.0745. The number of anilines is 4. The van der Waals surface area contributed by atoms with Gasteiger partial charge in [0.05, 0.1) is 17.7 Å². The fourth-order valence-electron chi connectivity index (χ4n) is 2.42. The fraction of sp³-hybridized carbons (Fsp3) is 0.150. The van der Waals surface area contributed by atoms with Crippen LogP contribution in [0.15, 0.2) is 59.8 Å². The molecule has 1 heterocycles. The van der Waals surface area contributed by atoms with Crippen LogP contribution in [0, 0.1) is 5.82 Å². The first kappa shape index (κ1) is 27.3. The number of benzene rings is 2. The van der Waals surface area contributed by atoms with E-state index in [0.29, 0.717) is 28.8 Å². The summed E-state index contributed by atoms with van der Waals surface area (Å²) < 4.78 is 76.7. The van der Waals surface area contributed by atoms with Gasteiger partial charge in [-0.05, 0) is 43.4 Å². The Kier molecular flexibility index (Phi) is 8.91. The molecule has 0 saturated heterocycles. The third-order valence-electron chi connectivity index (χ3n) is 4.02. The monoisotopic (exact) mass is 517 g/mol. The molecule has 0 radical (unpaired) electrons. The number of carbonyl (C=O) groups is 1. The highest BCUT2D eigenvalue weighted by molar-refractivity contribution is 7.89. The van der Waals surface area contributed by atoms with Crippen LogP contribution in [0.3, 0.4) is 0 Å². The van der Waals surface area contributed by atoms with Crippen molar-refractivity contribution in [2.75, 3.05) is 24.8 Å². The molecule has 2 aromatic carbocycles. The lowest BCUT2D eigenvalue weighted by Gasteiger charge is -2.13. The molecule has 0 unspecified atom stereocenters. The molecule has 0 amide bonds. The SMILES string of the molecule is CNS(=O)(=O)c1ccc(OC)c(Nc2cc(Nc3cccc(F)c3)ncn2)c1.O=C(O)C(F)(F)F. The third-order valence-corrected chi connectivity index (χ3v) is 5.43. The molecule has 0 aliphatic rings. The topological polar surface area (TPSA) is 143 Å². The summed E-state index contributed by atoms with van der Waals surface area (Å²) in [5.41, 5.74) is 0.943. The number of aliphatic carboxylic acids is 1. The predicted molar refractivity (Wildman–Crippen MR) is 118 cm³/mol. The standard InChI is InChI=1S/C18H18FN5O3S.C2HF3O2/c1-20-28(25,26)14-6-7-16(27-2)15(9-14)24-18-10-17(21-11-22-18)23-13-5-3-4-12(19)8-13;3-2(4,5)1(6)7/h3-11,20H,1-2H3,(H2,21,22,23,24);(H,6,7). The van der Waals surface area contributed by atoms with Gasteiger partial charge in [-0.25, -0.2) is 32.3 Å². The maximum Gasteiger partial charge on any atom is 0.490 e. The number of ether oxygens (including phenoxy) is 1. The van der Waals surface area contributed by atoms with Gasteiger partial charge in [0.15, 0.2) is 0 Å². The molecule has 0 aliphatic carbocycles. The Labute approximate surface area is 197 Å². The smallest absolute Gasteiger partial charge is 0.490 e. The van der Waals surface area contributed by atoms with Gasteiger partial charge in [0.2, 0.25) is 10.0 Å². The Morgan fingerprint density at radius 1 is 1.03 bits per heavy atom. The van der Waals surface area contributed by atoms with Crippen molar-refractivity contribution in [1.82, 2.24) is 14.7 Å². The molecule has 10 nitrogen and oxygen atoms in total. The Morgan fingerprint density at radius 2 is 1.66 bits per heavy atom. The second kappa shape index (κ2) is 11.4. The molecule has 0 aliphatic heterocycles. The summed E-state index contributed by atoms with van der Waals surface area (Å²) in [6.45, 7) is 0. The van der Waals surface area contributed by atoms with Crippen LogP contribution >= 0.6 is 0 Å². The van der Waals surface area contributed by atoms with Gasteiger partial charge < -0.3 is 20.5 Å². The number of carboxylic acids is 1. The van der Waals surface area contributed by atoms with Crippen LogP contribution in [0.4, 0.5) is 40.6 Å². The van der Waals surface area contributed by atoms with Crippen LogP contribution in [-0.4, -0.2) is 49.8 Å². The van der Waals surface area contributed by atoms with Gasteiger partial charge in [-0.15, -0.1) is 0 Å². The van der Waals surface area contributed by atoms with Crippen LogP contribution < -0.4 is 20.1 Å². The lowest BCUT2D eigenvalue weighted by molar-refractivity contribution is -0.192. The first-order valence-electron chi connectivity index (χ1n) is 9.39. The largest absolute Gasteiger partial charge is 0.495 e. The number of methoxy groups -OCH3 is 1. The van der Waals surface area contributed by atoms with Crippen LogP contribution in [0.1, 0.15) is 0 Å². The van der Waals surface area contributed by atoms with E-state index >= 15 is 0 Å². The van der Waals surface area contributed by atoms with E-state index in [0.717, 1.165) is 0 Å². The summed E-state index contributed by atoms with van der Waals surface area (Å²) in [6.07, 6.45) is -3.76. The highest BCUT2D eigenvalue weighted by atomic mass is 32.2. The molecule has 0 bridgehead atoms. The summed E-state index contributed by atoms with van der Waals surface area (Å²) in [6, 6.07) is 12.0. The van der Waals surface area contributed by atoms with Gasteiger partial charge in [0.1, 0.15) is 29.5 Å². The van der Waals surface area contributed by atoms with Gasteiger partial charge in [0, 0.05) is 11.8 Å². The highest BCUT2D eigenvalue weighted by Gasteiger charge is 2.38. The van der Waals surface area contributed by atoms with Crippen LogP contribution in [0.25, 0.3) is 0 Å². The summed E-state index contributed by atoms with van der Waals surface area (Å²) in [7, 11) is -0.806. The third kappa shape index (κ3) is 8.08. The minimum Gasteiger partial charge on any atom is -0.495 e. The molecule has 0 fully saturated rings. The summed E-state index contributed by atoms with van der Waals surface area (Å²) in [4.78, 5) is 17.2. The average molecular weight is 517 g/mol. The number of hydrogen-bond acceptors (Lipinski definition) is 8. The zero-order chi connectivity index (χ0) is 26.2. The quantitative estimate of drug-likeness (QED) is 0.345. The molecule has 35 heavy (non-hydrogen) atoms. The highest BCUT2D eigenvalue weighted by Crippen LogP contribution is 2.30. The number of rotatable bonds is 7. The maximum atomic E-state index is 13.3. The number of alkyl halides is 3. The van der Waals surface area contributed by atoms with Gasteiger partial charge in [-0.2, -0.15) is 13.2 Å². The predicted octanol–water partition coefficient (Wildman–Crippen LogP) is 3.65. The van der Waals surface area contributed by atoms with Crippen LogP contribution in [0.2, 0.25) is 0 Å². The van der Waals surface area contributed by atoms with Crippen molar-refractivity contribution in [1.29, 1.82) is 0 Å². The first-order chi connectivity index (χ1) is 16.4. The number of carboxylic acid groups (broad SMARTS) is 1. The number of halogens is 4. The Balaban J connectivity index is 0.000000540. The number of nitrogens with one attached hydrogen (secondary N) is 3. The van der Waals surface area contributed by atoms with Crippen molar-refractivity contribution in [3.05, 3.63) is 60.7 Å². The van der Waals surface area contributed by atoms with Crippen LogP contribution in [0.5, 0.6) is 5.75 Å². The number of nitrogens with zero attached hydrogens (tertiary/aromatic N) is 2. The minimum atomic E-state index is -5.08. The van der Waals surface area contributed by atoms with Crippen molar-refractivity contribution >= 4 is 39.0 Å². The zero-order valence-corrected chi connectivity index (χ0v) is 18.9. The number of aromatic nitrogens is 2. The number of sulfonamides is 1. The second-order valence-electron chi connectivity index (χ2n) is 6.42. The molecule has 0 spiro atoms. The molecular weight excluding hydrogens is 498 g/mol. The van der Waals surface area contributed by atoms with Gasteiger partial charge in [0.25, 0.3) is 0 Å². The van der Waals surface area contributed by atoms with Crippen molar-refractivity contribution in [2.45, 2.75) is 11.1 Å². The Bertz CT molecular complexity index is 1290. The summed E-state index contributed by atoms with van der Waals surface area (Å²) in [5, 5.41) is 13.1. The number of hydrogen-bond donors (Lipinski definition) is 4.